The van der Waals surface area contributed by atoms with Crippen LogP contribution in [0.1, 0.15) is 38.5 Å². The van der Waals surface area contributed by atoms with Gasteiger partial charge in [-0.25, -0.2) is 4.98 Å². The number of pyridine rings is 1. The molecule has 0 aromatic carbocycles. The summed E-state index contributed by atoms with van der Waals surface area (Å²) in [6.07, 6.45) is 5.94. The third-order valence-corrected chi connectivity index (χ3v) is 6.36. The number of carbonyl (C=O) groups is 2. The molecule has 0 saturated heterocycles. The molecule has 0 spiro atoms. The van der Waals surface area contributed by atoms with Crippen LogP contribution in [0.5, 0.6) is 0 Å². The number of amides is 1. The number of nitrogens with zero attached hydrogens (tertiary/aromatic N) is 1. The number of carbonyl (C=O) groups excluding carboxylic acids is 2. The number of aliphatic hydroxyl groups is 1. The summed E-state index contributed by atoms with van der Waals surface area (Å²) in [6.45, 7) is -0.408. The van der Waals surface area contributed by atoms with Gasteiger partial charge in [0, 0.05) is 6.20 Å². The van der Waals surface area contributed by atoms with Gasteiger partial charge in [0.25, 0.3) is 5.91 Å². The molecular formula is C18H20Cl2N2O4. The third kappa shape index (κ3) is 3.30. The molecule has 0 aliphatic heterocycles. The molecule has 2 atom stereocenters. The Kier molecular flexibility index (Phi) is 4.40. The van der Waals surface area contributed by atoms with Crippen LogP contribution in [0.3, 0.4) is 0 Å². The van der Waals surface area contributed by atoms with Gasteiger partial charge >= 0.3 is 5.97 Å². The van der Waals surface area contributed by atoms with Gasteiger partial charge in [-0.05, 0) is 56.4 Å². The topological polar surface area (TPSA) is 88.5 Å². The van der Waals surface area contributed by atoms with Crippen molar-refractivity contribution in [1.29, 1.82) is 0 Å². The minimum Gasteiger partial charge on any atom is -0.455 e. The van der Waals surface area contributed by atoms with E-state index in [1.165, 1.54) is 12.3 Å². The van der Waals surface area contributed by atoms with Gasteiger partial charge in [-0.2, -0.15) is 0 Å². The molecule has 4 saturated carbocycles. The van der Waals surface area contributed by atoms with Crippen LogP contribution < -0.4 is 5.32 Å². The number of hydrogen-bond acceptors (Lipinski definition) is 5. The van der Waals surface area contributed by atoms with Gasteiger partial charge in [0.15, 0.2) is 12.4 Å². The van der Waals surface area contributed by atoms with E-state index in [9.17, 15) is 14.7 Å². The summed E-state index contributed by atoms with van der Waals surface area (Å²) < 4.78 is 5.31. The van der Waals surface area contributed by atoms with Crippen molar-refractivity contribution in [3.8, 4) is 0 Å². The van der Waals surface area contributed by atoms with Gasteiger partial charge in [-0.3, -0.25) is 9.59 Å². The minimum atomic E-state index is -0.744. The zero-order valence-electron chi connectivity index (χ0n) is 14.1. The monoisotopic (exact) mass is 398 g/mol. The highest BCUT2D eigenvalue weighted by Gasteiger charge is 2.60. The van der Waals surface area contributed by atoms with Gasteiger partial charge in [-0.1, -0.05) is 23.2 Å². The Morgan fingerprint density at radius 1 is 1.27 bits per heavy atom. The van der Waals surface area contributed by atoms with Crippen molar-refractivity contribution in [3.63, 3.8) is 0 Å². The molecule has 140 valence electrons. The second-order valence-electron chi connectivity index (χ2n) is 8.07. The van der Waals surface area contributed by atoms with Crippen molar-refractivity contribution in [1.82, 2.24) is 4.98 Å². The van der Waals surface area contributed by atoms with E-state index >= 15 is 0 Å². The first kappa shape index (κ1) is 18.0. The maximum absolute atomic E-state index is 12.7. The standard InChI is InChI=1S/C18H20Cl2N2O4/c19-12-2-13(20)15(21-7-12)22-14(23)8-26-16(24)17-3-10-1-11(4-17)6-18(25,5-10)9-17/h2,7,10-11,25H,1,3-6,8-9H2,(H,21,22,23)/t10-,11-,17?,18?/m1/s1. The molecule has 6 nitrogen and oxygen atoms in total. The van der Waals surface area contributed by atoms with Crippen LogP contribution in [0.15, 0.2) is 12.3 Å². The second-order valence-corrected chi connectivity index (χ2v) is 8.92. The lowest BCUT2D eigenvalue weighted by molar-refractivity contribution is -0.196. The number of rotatable bonds is 4. The molecule has 2 N–H and O–H groups in total. The molecule has 1 amide bonds. The van der Waals surface area contributed by atoms with E-state index in [1.807, 2.05) is 0 Å². The number of ether oxygens (including phenoxy) is 1. The van der Waals surface area contributed by atoms with E-state index in [2.05, 4.69) is 10.3 Å². The number of halogens is 2. The fraction of sp³-hybridized carbons (Fsp3) is 0.611. The first-order valence-electron chi connectivity index (χ1n) is 8.77. The highest BCUT2D eigenvalue weighted by molar-refractivity contribution is 6.36. The average molecular weight is 399 g/mol. The van der Waals surface area contributed by atoms with Gasteiger partial charge in [0.05, 0.1) is 21.1 Å². The maximum atomic E-state index is 12.7. The van der Waals surface area contributed by atoms with E-state index in [0.29, 0.717) is 23.3 Å². The Morgan fingerprint density at radius 2 is 1.96 bits per heavy atom. The fourth-order valence-corrected chi connectivity index (χ4v) is 5.84. The Hall–Kier alpha value is -1.37. The van der Waals surface area contributed by atoms with Crippen LogP contribution in [-0.4, -0.2) is 34.2 Å². The lowest BCUT2D eigenvalue weighted by atomic mass is 9.48. The van der Waals surface area contributed by atoms with E-state index in [-0.39, 0.29) is 16.8 Å². The van der Waals surface area contributed by atoms with Gasteiger partial charge < -0.3 is 15.2 Å². The predicted molar refractivity (Wildman–Crippen MR) is 95.9 cm³/mol. The van der Waals surface area contributed by atoms with Crippen LogP contribution in [-0.2, 0) is 14.3 Å². The van der Waals surface area contributed by atoms with Crippen molar-refractivity contribution in [3.05, 3.63) is 22.3 Å². The zero-order valence-corrected chi connectivity index (χ0v) is 15.6. The van der Waals surface area contributed by atoms with Crippen molar-refractivity contribution in [2.24, 2.45) is 17.3 Å². The molecule has 4 bridgehead atoms. The summed E-state index contributed by atoms with van der Waals surface area (Å²) in [7, 11) is 0. The third-order valence-electron chi connectivity index (χ3n) is 5.86. The van der Waals surface area contributed by atoms with E-state index in [4.69, 9.17) is 27.9 Å². The molecule has 1 heterocycles. The molecule has 4 aliphatic rings. The van der Waals surface area contributed by atoms with Crippen molar-refractivity contribution < 1.29 is 19.4 Å². The normalized spacial score (nSPS) is 34.6. The van der Waals surface area contributed by atoms with Crippen LogP contribution in [0, 0.1) is 17.3 Å². The Bertz CT molecular complexity index is 756. The van der Waals surface area contributed by atoms with Crippen molar-refractivity contribution >= 4 is 40.9 Å². The van der Waals surface area contributed by atoms with Crippen LogP contribution in [0.4, 0.5) is 5.82 Å². The zero-order chi connectivity index (χ0) is 18.5. The van der Waals surface area contributed by atoms with Crippen LogP contribution in [0.25, 0.3) is 0 Å². The second kappa shape index (κ2) is 6.36. The van der Waals surface area contributed by atoms with Crippen molar-refractivity contribution in [2.45, 2.75) is 44.1 Å². The molecule has 1 aromatic rings. The van der Waals surface area contributed by atoms with E-state index < -0.39 is 23.5 Å². The molecular weight excluding hydrogens is 379 g/mol. The Labute approximate surface area is 161 Å². The lowest BCUT2D eigenvalue weighted by Gasteiger charge is -2.58. The fourth-order valence-electron chi connectivity index (χ4n) is 5.41. The smallest absolute Gasteiger partial charge is 0.312 e. The molecule has 26 heavy (non-hydrogen) atoms. The summed E-state index contributed by atoms with van der Waals surface area (Å²) in [6, 6.07) is 1.47. The van der Waals surface area contributed by atoms with Crippen LogP contribution in [0.2, 0.25) is 10.0 Å². The molecule has 0 radical (unpaired) electrons. The number of aromatic nitrogens is 1. The molecule has 0 unspecified atom stereocenters. The number of anilines is 1. The summed E-state index contributed by atoms with van der Waals surface area (Å²) >= 11 is 11.7. The number of nitrogens with one attached hydrogen (secondary N) is 1. The summed E-state index contributed by atoms with van der Waals surface area (Å²) in [4.78, 5) is 28.7. The van der Waals surface area contributed by atoms with Crippen LogP contribution >= 0.6 is 23.2 Å². The highest BCUT2D eigenvalue weighted by Crippen LogP contribution is 2.61. The van der Waals surface area contributed by atoms with Gasteiger partial charge in [0.2, 0.25) is 0 Å². The molecule has 4 aliphatic carbocycles. The average Bonchev–Trinajstić information content (AvgIpc) is 2.53. The van der Waals surface area contributed by atoms with Crippen molar-refractivity contribution in [2.75, 3.05) is 11.9 Å². The Morgan fingerprint density at radius 3 is 2.58 bits per heavy atom. The first-order chi connectivity index (χ1) is 12.3. The Balaban J connectivity index is 1.37. The molecule has 1 aromatic heterocycles. The first-order valence-corrected chi connectivity index (χ1v) is 9.53. The largest absolute Gasteiger partial charge is 0.455 e. The summed E-state index contributed by atoms with van der Waals surface area (Å²) in [5, 5.41) is 13.8. The predicted octanol–water partition coefficient (Wildman–Crippen LogP) is 3.20. The molecule has 4 fully saturated rings. The molecule has 5 rings (SSSR count). The minimum absolute atomic E-state index is 0.168. The SMILES string of the molecule is O=C(COC(=O)C12C[C@H]3C[C@@H](CC(O)(C3)C1)C2)Nc1ncc(Cl)cc1Cl. The summed E-state index contributed by atoms with van der Waals surface area (Å²) in [5.74, 6) is 0.0227. The molecule has 8 heteroatoms. The van der Waals surface area contributed by atoms with E-state index in [0.717, 1.165) is 32.1 Å². The lowest BCUT2D eigenvalue weighted by Crippen LogP contribution is -2.58. The summed E-state index contributed by atoms with van der Waals surface area (Å²) in [5.41, 5.74) is -1.39. The highest BCUT2D eigenvalue weighted by atomic mass is 35.5. The maximum Gasteiger partial charge on any atom is 0.312 e. The number of esters is 1. The van der Waals surface area contributed by atoms with E-state index in [1.54, 1.807) is 0 Å². The van der Waals surface area contributed by atoms with Gasteiger partial charge in [0.1, 0.15) is 0 Å². The quantitative estimate of drug-likeness (QED) is 0.760. The number of hydrogen-bond donors (Lipinski definition) is 2. The van der Waals surface area contributed by atoms with Gasteiger partial charge in [-0.15, -0.1) is 0 Å².